The van der Waals surface area contributed by atoms with E-state index in [1.165, 1.54) is 19.3 Å². The van der Waals surface area contributed by atoms with Crippen molar-refractivity contribution in [2.75, 3.05) is 12.8 Å². The molecule has 2 aromatic carbocycles. The Hall–Kier alpha value is -4.73. The highest BCUT2D eigenvalue weighted by Crippen LogP contribution is 2.40. The number of hydrogen-bond donors (Lipinski definition) is 5. The van der Waals surface area contributed by atoms with E-state index in [4.69, 9.17) is 21.4 Å². The molecule has 0 aliphatic rings. The van der Waals surface area contributed by atoms with E-state index in [-0.39, 0.29) is 28.7 Å². The van der Waals surface area contributed by atoms with Gasteiger partial charge in [-0.3, -0.25) is 9.59 Å². The van der Waals surface area contributed by atoms with Crippen molar-refractivity contribution < 1.29 is 50.9 Å². The van der Waals surface area contributed by atoms with E-state index < -0.39 is 35.4 Å². The van der Waals surface area contributed by atoms with Crippen molar-refractivity contribution in [3.8, 4) is 22.5 Å². The molecule has 7 N–H and O–H groups in total. The number of primary amides is 1. The van der Waals surface area contributed by atoms with Crippen molar-refractivity contribution >= 4 is 23.6 Å². The lowest BCUT2D eigenvalue weighted by Gasteiger charge is -2.28. The molecule has 0 saturated heterocycles. The molecular formula is C24H21F6N5O5. The summed E-state index contributed by atoms with van der Waals surface area (Å²) < 4.78 is 72.3. The summed E-state index contributed by atoms with van der Waals surface area (Å²) in [7, 11) is 1.50. The lowest BCUT2D eigenvalue weighted by Crippen LogP contribution is -2.52. The Bertz CT molecular complexity index is 1430. The van der Waals surface area contributed by atoms with Gasteiger partial charge in [-0.1, -0.05) is 24.3 Å². The number of nitrogens with one attached hydrogen (secondary N) is 1. The van der Waals surface area contributed by atoms with E-state index in [1.54, 1.807) is 31.2 Å². The molecule has 1 unspecified atom stereocenters. The van der Waals surface area contributed by atoms with Crippen LogP contribution in [0.4, 0.5) is 32.2 Å². The highest BCUT2D eigenvalue weighted by molar-refractivity contribution is 5.94. The monoisotopic (exact) mass is 573 g/mol. The number of nitrogens with zero attached hydrogens (tertiary/aromatic N) is 2. The molecule has 2 amide bonds. The Morgan fingerprint density at radius 3 is 1.98 bits per heavy atom. The standard InChI is InChI=1S/C22H20F3N5O3.C2HF3O2/c1-11-3-8-14(21(33,20(27)32)22(23,24)25)9-15(11)16-10-29-18(26)17(30-16)12-4-6-13(7-5-12)19(31)28-2;3-2(4,5)1(6)7/h3-10,33H,1-2H3,(H2,26,29)(H2,27,32)(H,28,31);(H,6,7). The summed E-state index contributed by atoms with van der Waals surface area (Å²) in [6, 6.07) is 9.60. The minimum atomic E-state index is -5.34. The van der Waals surface area contributed by atoms with Gasteiger partial charge in [-0.2, -0.15) is 26.3 Å². The first kappa shape index (κ1) is 31.5. The molecule has 0 bridgehead atoms. The number of aryl methyl sites for hydroxylation is 1. The predicted molar refractivity (Wildman–Crippen MR) is 128 cm³/mol. The number of benzene rings is 2. The quantitative estimate of drug-likeness (QED) is 0.289. The summed E-state index contributed by atoms with van der Waals surface area (Å²) in [4.78, 5) is 40.7. The number of aliphatic hydroxyl groups is 1. The number of carboxylic acid groups (broad SMARTS) is 1. The highest BCUT2D eigenvalue weighted by Gasteiger charge is 2.60. The van der Waals surface area contributed by atoms with E-state index in [0.717, 1.165) is 12.1 Å². The Morgan fingerprint density at radius 2 is 1.52 bits per heavy atom. The van der Waals surface area contributed by atoms with Gasteiger partial charge in [0.05, 0.1) is 11.9 Å². The molecule has 0 radical (unpaired) electrons. The van der Waals surface area contributed by atoms with Crippen LogP contribution in [0.25, 0.3) is 22.5 Å². The molecule has 1 heterocycles. The van der Waals surface area contributed by atoms with Crippen LogP contribution in [0.5, 0.6) is 0 Å². The summed E-state index contributed by atoms with van der Waals surface area (Å²) in [6.45, 7) is 1.62. The zero-order valence-electron chi connectivity index (χ0n) is 20.6. The summed E-state index contributed by atoms with van der Waals surface area (Å²) in [5.41, 5.74) is 8.24. The minimum absolute atomic E-state index is 0.0594. The fourth-order valence-electron chi connectivity index (χ4n) is 3.23. The summed E-state index contributed by atoms with van der Waals surface area (Å²) >= 11 is 0. The summed E-state index contributed by atoms with van der Waals surface area (Å²) in [5, 5.41) is 19.8. The normalized spacial score (nSPS) is 12.9. The topological polar surface area (TPSA) is 182 Å². The van der Waals surface area contributed by atoms with Gasteiger partial charge in [-0.05, 0) is 30.7 Å². The van der Waals surface area contributed by atoms with Crippen LogP contribution in [-0.2, 0) is 15.2 Å². The predicted octanol–water partition coefficient (Wildman–Crippen LogP) is 2.93. The minimum Gasteiger partial charge on any atom is -0.475 e. The van der Waals surface area contributed by atoms with E-state index >= 15 is 0 Å². The Morgan fingerprint density at radius 1 is 0.975 bits per heavy atom. The van der Waals surface area contributed by atoms with E-state index in [2.05, 4.69) is 15.3 Å². The van der Waals surface area contributed by atoms with E-state index in [1.807, 2.05) is 0 Å². The zero-order valence-corrected chi connectivity index (χ0v) is 20.6. The van der Waals surface area contributed by atoms with Crippen LogP contribution in [0.2, 0.25) is 0 Å². The molecular weight excluding hydrogens is 552 g/mol. The zero-order chi connectivity index (χ0) is 30.6. The van der Waals surface area contributed by atoms with Gasteiger partial charge in [0, 0.05) is 29.3 Å². The van der Waals surface area contributed by atoms with Crippen molar-refractivity contribution in [1.82, 2.24) is 15.3 Å². The second-order valence-electron chi connectivity index (χ2n) is 8.05. The lowest BCUT2D eigenvalue weighted by atomic mass is 9.89. The maximum atomic E-state index is 13.5. The average Bonchev–Trinajstić information content (AvgIpc) is 2.87. The molecule has 3 rings (SSSR count). The van der Waals surface area contributed by atoms with Crippen LogP contribution in [0.15, 0.2) is 48.7 Å². The van der Waals surface area contributed by atoms with Gasteiger partial charge in [0.1, 0.15) is 11.5 Å². The Labute approximate surface area is 221 Å². The van der Waals surface area contributed by atoms with Gasteiger partial charge in [0.2, 0.25) is 0 Å². The van der Waals surface area contributed by atoms with Crippen LogP contribution in [0.1, 0.15) is 21.5 Å². The molecule has 1 atom stereocenters. The molecule has 0 fully saturated rings. The van der Waals surface area contributed by atoms with Crippen LogP contribution in [0, 0.1) is 6.92 Å². The first-order valence-corrected chi connectivity index (χ1v) is 10.8. The number of carbonyl (C=O) groups excluding carboxylic acids is 2. The molecule has 10 nitrogen and oxygen atoms in total. The molecule has 0 aliphatic heterocycles. The Balaban J connectivity index is 0.000000708. The number of alkyl halides is 6. The number of rotatable bonds is 5. The average molecular weight is 573 g/mol. The second kappa shape index (κ2) is 11.6. The van der Waals surface area contributed by atoms with Gasteiger partial charge in [-0.25, -0.2) is 14.8 Å². The Kier molecular flexibility index (Phi) is 9.10. The molecule has 0 spiro atoms. The van der Waals surface area contributed by atoms with Crippen molar-refractivity contribution in [2.45, 2.75) is 24.9 Å². The molecule has 40 heavy (non-hydrogen) atoms. The third-order valence-corrected chi connectivity index (χ3v) is 5.39. The lowest BCUT2D eigenvalue weighted by molar-refractivity contribution is -0.255. The molecule has 1 aromatic heterocycles. The number of amides is 2. The number of hydrogen-bond acceptors (Lipinski definition) is 7. The molecule has 214 valence electrons. The summed E-state index contributed by atoms with van der Waals surface area (Å²) in [6.07, 6.45) is -9.16. The van der Waals surface area contributed by atoms with E-state index in [9.17, 15) is 41.0 Å². The third-order valence-electron chi connectivity index (χ3n) is 5.39. The van der Waals surface area contributed by atoms with Gasteiger partial charge in [0.25, 0.3) is 17.4 Å². The van der Waals surface area contributed by atoms with Crippen molar-refractivity contribution in [3.05, 3.63) is 65.4 Å². The first-order valence-electron chi connectivity index (χ1n) is 10.8. The molecule has 3 aromatic rings. The second-order valence-corrected chi connectivity index (χ2v) is 8.05. The van der Waals surface area contributed by atoms with Gasteiger partial charge in [-0.15, -0.1) is 0 Å². The number of carboxylic acids is 1. The largest absolute Gasteiger partial charge is 0.490 e. The number of carbonyl (C=O) groups is 3. The van der Waals surface area contributed by atoms with Gasteiger partial charge in [0.15, 0.2) is 0 Å². The smallest absolute Gasteiger partial charge is 0.475 e. The van der Waals surface area contributed by atoms with Crippen molar-refractivity contribution in [3.63, 3.8) is 0 Å². The third kappa shape index (κ3) is 6.63. The van der Waals surface area contributed by atoms with Crippen molar-refractivity contribution in [1.29, 1.82) is 0 Å². The van der Waals surface area contributed by atoms with Gasteiger partial charge >= 0.3 is 18.3 Å². The fourth-order valence-corrected chi connectivity index (χ4v) is 3.23. The maximum absolute atomic E-state index is 13.5. The van der Waals surface area contributed by atoms with Gasteiger partial charge < -0.3 is 27.0 Å². The number of nitrogen functional groups attached to an aromatic ring is 1. The first-order chi connectivity index (χ1) is 18.3. The number of nitrogens with two attached hydrogens (primary N) is 2. The number of aliphatic carboxylic acids is 1. The highest BCUT2D eigenvalue weighted by atomic mass is 19.4. The van der Waals surface area contributed by atoms with Crippen LogP contribution >= 0.6 is 0 Å². The summed E-state index contributed by atoms with van der Waals surface area (Å²) in [5.74, 6) is -4.94. The van der Waals surface area contributed by atoms with Crippen molar-refractivity contribution in [2.24, 2.45) is 5.73 Å². The number of halogens is 6. The van der Waals surface area contributed by atoms with Crippen LogP contribution in [0.3, 0.4) is 0 Å². The fraction of sp³-hybridized carbons (Fsp3) is 0.208. The molecule has 0 aliphatic carbocycles. The SMILES string of the molecule is CNC(=O)c1ccc(-c2nc(-c3cc(C(O)(C(N)=O)C(F)(F)F)ccc3C)cnc2N)cc1.O=C(O)C(F)(F)F. The number of aromatic nitrogens is 2. The number of anilines is 1. The van der Waals surface area contributed by atoms with E-state index in [0.29, 0.717) is 16.7 Å². The molecule has 0 saturated carbocycles. The van der Waals surface area contributed by atoms with Crippen LogP contribution < -0.4 is 16.8 Å². The van der Waals surface area contributed by atoms with Crippen LogP contribution in [-0.4, -0.2) is 57.4 Å². The maximum Gasteiger partial charge on any atom is 0.490 e. The molecule has 16 heteroatoms.